The number of fused-ring (bicyclic) bond motifs is 2. The Morgan fingerprint density at radius 1 is 1.25 bits per heavy atom. The van der Waals surface area contributed by atoms with Gasteiger partial charge in [0.1, 0.15) is 0 Å². The highest BCUT2D eigenvalue weighted by molar-refractivity contribution is 6.10. The van der Waals surface area contributed by atoms with Crippen molar-refractivity contribution in [3.8, 4) is 0 Å². The lowest BCUT2D eigenvalue weighted by Crippen LogP contribution is -2.53. The fraction of sp³-hybridized carbons (Fsp3) is 0.545. The maximum absolute atomic E-state index is 11.5. The number of hydrogen-bond donors (Lipinski definition) is 0. The van der Waals surface area contributed by atoms with E-state index in [-0.39, 0.29) is 11.2 Å². The highest BCUT2D eigenvalue weighted by Crippen LogP contribution is 2.61. The predicted molar refractivity (Wildman–Crippen MR) is 48.7 cm³/mol. The third-order valence-corrected chi connectivity index (χ3v) is 3.69. The minimum absolute atomic E-state index is 0.121. The van der Waals surface area contributed by atoms with E-state index in [0.717, 1.165) is 17.6 Å². The van der Waals surface area contributed by atoms with Crippen molar-refractivity contribution in [2.24, 2.45) is 17.3 Å². The van der Waals surface area contributed by atoms with Gasteiger partial charge in [-0.15, -0.1) is 0 Å². The Hall–Kier alpha value is -0.850. The van der Waals surface area contributed by atoms with E-state index in [0.29, 0.717) is 11.8 Å². The fourth-order valence-electron chi connectivity index (χ4n) is 2.63. The van der Waals surface area contributed by atoms with Gasteiger partial charge in [-0.2, -0.15) is 0 Å². The maximum atomic E-state index is 11.5. The summed E-state index contributed by atoms with van der Waals surface area (Å²) in [5, 5.41) is 0. The minimum Gasteiger partial charge on any atom is -0.289 e. The maximum Gasteiger partial charge on any atom is 0.184 e. The molecule has 0 radical (unpaired) electrons. The number of Topliss-reactive ketones (excluding diaryl/α,β-unsaturated/α-hetero) is 1. The molecule has 0 spiro atoms. The van der Waals surface area contributed by atoms with Crippen LogP contribution >= 0.6 is 0 Å². The Labute approximate surface area is 73.2 Å². The largest absolute Gasteiger partial charge is 0.289 e. The third-order valence-electron chi connectivity index (χ3n) is 3.69. The van der Waals surface area contributed by atoms with Crippen LogP contribution in [0, 0.1) is 17.3 Å². The molecule has 3 rings (SSSR count). The molecule has 1 nitrogen and oxygen atoms in total. The van der Waals surface area contributed by atoms with E-state index < -0.39 is 0 Å². The summed E-state index contributed by atoms with van der Waals surface area (Å²) in [5.74, 6) is 0.955. The number of carbonyl (C=O) groups is 1. The lowest BCUT2D eigenvalue weighted by atomic mass is 9.46. The zero-order chi connectivity index (χ0) is 9.09. The van der Waals surface area contributed by atoms with Gasteiger partial charge in [-0.3, -0.25) is 4.79 Å². The SMILES string of the molecule is C=C1C(=O)C(=C)C2CC1C2(C)C. The molecule has 3 saturated carbocycles. The summed E-state index contributed by atoms with van der Waals surface area (Å²) in [7, 11) is 0. The zero-order valence-corrected chi connectivity index (χ0v) is 7.68. The lowest BCUT2D eigenvalue weighted by Gasteiger charge is -2.57. The van der Waals surface area contributed by atoms with E-state index in [1.807, 2.05) is 0 Å². The highest BCUT2D eigenvalue weighted by Gasteiger charge is 2.56. The van der Waals surface area contributed by atoms with Gasteiger partial charge in [-0.1, -0.05) is 27.0 Å². The van der Waals surface area contributed by atoms with Gasteiger partial charge in [-0.25, -0.2) is 0 Å². The smallest absolute Gasteiger partial charge is 0.184 e. The molecule has 3 aliphatic rings. The van der Waals surface area contributed by atoms with E-state index in [1.165, 1.54) is 0 Å². The van der Waals surface area contributed by atoms with Crippen LogP contribution in [0.1, 0.15) is 20.3 Å². The summed E-state index contributed by atoms with van der Waals surface area (Å²) in [6.07, 6.45) is 1.09. The highest BCUT2D eigenvalue weighted by atomic mass is 16.1. The van der Waals surface area contributed by atoms with Gasteiger partial charge in [0.15, 0.2) is 5.78 Å². The first-order valence-corrected chi connectivity index (χ1v) is 4.38. The second kappa shape index (κ2) is 1.90. The van der Waals surface area contributed by atoms with Crippen LogP contribution in [-0.4, -0.2) is 5.78 Å². The number of hydrogen-bond acceptors (Lipinski definition) is 1. The Kier molecular flexibility index (Phi) is 1.23. The Bertz CT molecular complexity index is 270. The molecular weight excluding hydrogens is 148 g/mol. The minimum atomic E-state index is 0.121. The first kappa shape index (κ1) is 7.78. The molecule has 12 heavy (non-hydrogen) atoms. The molecule has 0 aliphatic heterocycles. The summed E-state index contributed by atoms with van der Waals surface area (Å²) in [6.45, 7) is 12.1. The molecule has 0 aromatic heterocycles. The summed E-state index contributed by atoms with van der Waals surface area (Å²) in [4.78, 5) is 11.5. The molecule has 64 valence electrons. The monoisotopic (exact) mass is 162 g/mol. The first-order valence-electron chi connectivity index (χ1n) is 4.38. The van der Waals surface area contributed by atoms with Gasteiger partial charge in [0.25, 0.3) is 0 Å². The van der Waals surface area contributed by atoms with Crippen LogP contribution in [0.5, 0.6) is 0 Å². The Morgan fingerprint density at radius 3 is 2.00 bits per heavy atom. The average molecular weight is 162 g/mol. The Morgan fingerprint density at radius 2 is 1.67 bits per heavy atom. The molecule has 1 heteroatoms. The summed E-state index contributed by atoms with van der Waals surface area (Å²) >= 11 is 0. The second-order valence-electron chi connectivity index (χ2n) is 4.54. The summed E-state index contributed by atoms with van der Waals surface area (Å²) < 4.78 is 0. The van der Waals surface area contributed by atoms with Gasteiger partial charge < -0.3 is 0 Å². The average Bonchev–Trinajstić information content (AvgIpc) is 1.98. The van der Waals surface area contributed by atoms with Crippen molar-refractivity contribution >= 4 is 5.78 Å². The van der Waals surface area contributed by atoms with Crippen LogP contribution in [0.25, 0.3) is 0 Å². The molecule has 0 aromatic carbocycles. The first-order chi connectivity index (χ1) is 5.46. The van der Waals surface area contributed by atoms with Gasteiger partial charge in [0.2, 0.25) is 0 Å². The van der Waals surface area contributed by atoms with Gasteiger partial charge in [0, 0.05) is 0 Å². The van der Waals surface area contributed by atoms with Crippen LogP contribution in [0.4, 0.5) is 0 Å². The molecular formula is C11H14O. The van der Waals surface area contributed by atoms with Gasteiger partial charge >= 0.3 is 0 Å². The number of rotatable bonds is 0. The van der Waals surface area contributed by atoms with Crippen molar-refractivity contribution < 1.29 is 4.79 Å². The summed E-state index contributed by atoms with van der Waals surface area (Å²) in [5.41, 5.74) is 1.81. The number of allylic oxidation sites excluding steroid dienone is 2. The quantitative estimate of drug-likeness (QED) is 0.500. The van der Waals surface area contributed by atoms with Crippen molar-refractivity contribution in [3.63, 3.8) is 0 Å². The third kappa shape index (κ3) is 0.626. The number of carbonyl (C=O) groups excluding carboxylic acids is 1. The van der Waals surface area contributed by atoms with Crippen LogP contribution in [0.2, 0.25) is 0 Å². The van der Waals surface area contributed by atoms with E-state index >= 15 is 0 Å². The zero-order valence-electron chi connectivity index (χ0n) is 7.68. The standard InChI is InChI=1S/C11H14O/c1-6-8-5-9(11(8,3)4)7(2)10(6)12/h8-9H,1-2,5H2,3-4H3. The molecule has 3 fully saturated rings. The van der Waals surface area contributed by atoms with Gasteiger partial charge in [-0.05, 0) is 34.8 Å². The van der Waals surface area contributed by atoms with Crippen LogP contribution < -0.4 is 0 Å². The molecule has 0 amide bonds. The van der Waals surface area contributed by atoms with E-state index in [4.69, 9.17) is 0 Å². The van der Waals surface area contributed by atoms with E-state index in [9.17, 15) is 4.79 Å². The molecule has 3 aliphatic carbocycles. The van der Waals surface area contributed by atoms with Crippen LogP contribution in [0.15, 0.2) is 24.3 Å². The Balaban J connectivity index is 2.43. The lowest BCUT2D eigenvalue weighted by molar-refractivity contribution is -0.121. The molecule has 2 unspecified atom stereocenters. The van der Waals surface area contributed by atoms with E-state index in [1.54, 1.807) is 0 Å². The topological polar surface area (TPSA) is 17.1 Å². The van der Waals surface area contributed by atoms with Crippen molar-refractivity contribution in [1.29, 1.82) is 0 Å². The fourth-order valence-corrected chi connectivity index (χ4v) is 2.63. The second-order valence-corrected chi connectivity index (χ2v) is 4.54. The van der Waals surface area contributed by atoms with E-state index in [2.05, 4.69) is 27.0 Å². The summed E-state index contributed by atoms with van der Waals surface area (Å²) in [6, 6.07) is 0. The molecule has 0 aromatic rings. The molecule has 0 N–H and O–H groups in total. The van der Waals surface area contributed by atoms with Crippen molar-refractivity contribution in [1.82, 2.24) is 0 Å². The van der Waals surface area contributed by atoms with Crippen LogP contribution in [0.3, 0.4) is 0 Å². The van der Waals surface area contributed by atoms with Gasteiger partial charge in [0.05, 0.1) is 0 Å². The molecule has 0 saturated heterocycles. The normalized spacial score (nSPS) is 38.0. The molecule has 0 heterocycles. The molecule has 2 atom stereocenters. The van der Waals surface area contributed by atoms with Crippen LogP contribution in [-0.2, 0) is 4.79 Å². The predicted octanol–water partition coefficient (Wildman–Crippen LogP) is 2.34. The van der Waals surface area contributed by atoms with Crippen molar-refractivity contribution in [2.45, 2.75) is 20.3 Å². The van der Waals surface area contributed by atoms with Crippen molar-refractivity contribution in [3.05, 3.63) is 24.3 Å². The number of ketones is 1. The van der Waals surface area contributed by atoms with Crippen molar-refractivity contribution in [2.75, 3.05) is 0 Å². The molecule has 2 bridgehead atoms.